The van der Waals surface area contributed by atoms with Crippen molar-refractivity contribution in [3.8, 4) is 0 Å². The number of halogens is 3. The molecule has 0 aliphatic heterocycles. The molecule has 0 aromatic carbocycles. The number of hydrogen-bond acceptors (Lipinski definition) is 3. The Morgan fingerprint density at radius 3 is 2.43 bits per heavy atom. The predicted octanol–water partition coefficient (Wildman–Crippen LogP) is 2.39. The highest BCUT2D eigenvalue weighted by Gasteiger charge is 2.36. The number of esters is 1. The van der Waals surface area contributed by atoms with Gasteiger partial charge in [0.15, 0.2) is 0 Å². The van der Waals surface area contributed by atoms with Gasteiger partial charge in [-0.25, -0.2) is 4.79 Å². The fraction of sp³-hybridized carbons (Fsp3) is 0.375. The van der Waals surface area contributed by atoms with E-state index in [-0.39, 0.29) is 11.3 Å². The minimum absolute atomic E-state index is 0.107. The first kappa shape index (κ1) is 10.6. The second-order valence-electron chi connectivity index (χ2n) is 2.57. The standard InChI is InChI=1S/C8H7F3O3/c1-4-5(7(12)13-2)3-6(14-4)8(9,10)11/h3H,1-2H3. The molecule has 1 aromatic rings. The van der Waals surface area contributed by atoms with Gasteiger partial charge in [-0.2, -0.15) is 13.2 Å². The zero-order chi connectivity index (χ0) is 10.9. The van der Waals surface area contributed by atoms with Crippen LogP contribution in [0.3, 0.4) is 0 Å². The van der Waals surface area contributed by atoms with Crippen LogP contribution < -0.4 is 0 Å². The van der Waals surface area contributed by atoms with E-state index >= 15 is 0 Å². The lowest BCUT2D eigenvalue weighted by Gasteiger charge is -1.99. The predicted molar refractivity (Wildman–Crippen MR) is 39.8 cm³/mol. The molecular formula is C8H7F3O3. The molecule has 0 saturated carbocycles. The number of carbonyl (C=O) groups excluding carboxylic acids is 1. The molecule has 3 nitrogen and oxygen atoms in total. The minimum atomic E-state index is -4.59. The Labute approximate surface area is 77.5 Å². The Hall–Kier alpha value is -1.46. The lowest BCUT2D eigenvalue weighted by molar-refractivity contribution is -0.153. The zero-order valence-electron chi connectivity index (χ0n) is 7.44. The van der Waals surface area contributed by atoms with Crippen molar-refractivity contribution >= 4 is 5.97 Å². The second kappa shape index (κ2) is 3.36. The topological polar surface area (TPSA) is 39.4 Å². The first-order valence-corrected chi connectivity index (χ1v) is 3.62. The number of furan rings is 1. The van der Waals surface area contributed by atoms with Crippen molar-refractivity contribution in [1.29, 1.82) is 0 Å². The number of rotatable bonds is 1. The van der Waals surface area contributed by atoms with Gasteiger partial charge in [0.2, 0.25) is 5.76 Å². The highest BCUT2D eigenvalue weighted by Crippen LogP contribution is 2.32. The lowest BCUT2D eigenvalue weighted by atomic mass is 10.2. The summed E-state index contributed by atoms with van der Waals surface area (Å²) in [7, 11) is 1.09. The highest BCUT2D eigenvalue weighted by atomic mass is 19.4. The maximum atomic E-state index is 12.1. The summed E-state index contributed by atoms with van der Waals surface area (Å²) in [4.78, 5) is 10.9. The van der Waals surface area contributed by atoms with Gasteiger partial charge in [0.1, 0.15) is 11.3 Å². The summed E-state index contributed by atoms with van der Waals surface area (Å²) in [6, 6.07) is 0.626. The molecule has 14 heavy (non-hydrogen) atoms. The van der Waals surface area contributed by atoms with Crippen molar-refractivity contribution in [2.45, 2.75) is 13.1 Å². The van der Waals surface area contributed by atoms with Gasteiger partial charge < -0.3 is 9.15 Å². The minimum Gasteiger partial charge on any atom is -0.465 e. The zero-order valence-corrected chi connectivity index (χ0v) is 7.44. The molecule has 78 valence electrons. The van der Waals surface area contributed by atoms with Crippen molar-refractivity contribution in [2.24, 2.45) is 0 Å². The molecule has 0 aliphatic rings. The molecule has 0 atom stereocenters. The Balaban J connectivity index is 3.12. The molecule has 0 bridgehead atoms. The van der Waals surface area contributed by atoms with Crippen LogP contribution in [0.4, 0.5) is 13.2 Å². The average molecular weight is 208 g/mol. The van der Waals surface area contributed by atoms with E-state index in [1.165, 1.54) is 6.92 Å². The van der Waals surface area contributed by atoms with E-state index in [4.69, 9.17) is 0 Å². The average Bonchev–Trinajstić information content (AvgIpc) is 2.45. The maximum Gasteiger partial charge on any atom is 0.449 e. The molecule has 0 amide bonds. The molecule has 0 N–H and O–H groups in total. The van der Waals surface area contributed by atoms with Crippen LogP contribution in [0.2, 0.25) is 0 Å². The molecule has 1 aromatic heterocycles. The molecule has 6 heteroatoms. The molecule has 0 aliphatic carbocycles. The number of aryl methyl sites for hydroxylation is 1. The van der Waals surface area contributed by atoms with Crippen LogP contribution in [0.5, 0.6) is 0 Å². The molecule has 0 spiro atoms. The Morgan fingerprint density at radius 2 is 2.07 bits per heavy atom. The van der Waals surface area contributed by atoms with Gasteiger partial charge in [-0.3, -0.25) is 0 Å². The molecule has 0 unspecified atom stereocenters. The summed E-state index contributed by atoms with van der Waals surface area (Å²) >= 11 is 0. The quantitative estimate of drug-likeness (QED) is 0.665. The van der Waals surface area contributed by atoms with E-state index in [1.54, 1.807) is 0 Å². The summed E-state index contributed by atoms with van der Waals surface area (Å²) < 4.78 is 45.0. The molecular weight excluding hydrogens is 201 g/mol. The van der Waals surface area contributed by atoms with E-state index in [0.29, 0.717) is 6.07 Å². The SMILES string of the molecule is COC(=O)c1cc(C(F)(F)F)oc1C. The Bertz CT molecular complexity index is 351. The highest BCUT2D eigenvalue weighted by molar-refractivity contribution is 5.90. The molecule has 0 saturated heterocycles. The molecule has 0 fully saturated rings. The largest absolute Gasteiger partial charge is 0.465 e. The third-order valence-corrected chi connectivity index (χ3v) is 1.60. The fourth-order valence-electron chi connectivity index (χ4n) is 0.934. The van der Waals surface area contributed by atoms with E-state index in [9.17, 15) is 18.0 Å². The van der Waals surface area contributed by atoms with Gasteiger partial charge >= 0.3 is 12.1 Å². The summed E-state index contributed by atoms with van der Waals surface area (Å²) in [5, 5.41) is 0. The number of alkyl halides is 3. The number of carbonyl (C=O) groups is 1. The maximum absolute atomic E-state index is 12.1. The molecule has 0 radical (unpaired) electrons. The van der Waals surface area contributed by atoms with Gasteiger partial charge in [-0.1, -0.05) is 0 Å². The molecule has 1 rings (SSSR count). The fourth-order valence-corrected chi connectivity index (χ4v) is 0.934. The third kappa shape index (κ3) is 1.89. The summed E-state index contributed by atoms with van der Waals surface area (Å²) in [5.74, 6) is -2.15. The number of hydrogen-bond donors (Lipinski definition) is 0. The smallest absolute Gasteiger partial charge is 0.449 e. The van der Waals surface area contributed by atoms with Crippen LogP contribution in [0, 0.1) is 6.92 Å². The van der Waals surface area contributed by atoms with Gasteiger partial charge in [0.25, 0.3) is 0 Å². The number of ether oxygens (including phenoxy) is 1. The van der Waals surface area contributed by atoms with Gasteiger partial charge in [0.05, 0.1) is 7.11 Å². The normalized spacial score (nSPS) is 11.5. The van der Waals surface area contributed by atoms with E-state index in [2.05, 4.69) is 9.15 Å². The number of methoxy groups -OCH3 is 1. The van der Waals surface area contributed by atoms with Gasteiger partial charge in [0, 0.05) is 6.07 Å². The van der Waals surface area contributed by atoms with Crippen LogP contribution in [0.25, 0.3) is 0 Å². The van der Waals surface area contributed by atoms with Crippen LogP contribution in [-0.2, 0) is 10.9 Å². The molecule has 1 heterocycles. The van der Waals surface area contributed by atoms with Crippen LogP contribution >= 0.6 is 0 Å². The van der Waals surface area contributed by atoms with E-state index in [0.717, 1.165) is 7.11 Å². The first-order chi connectivity index (χ1) is 6.36. The second-order valence-corrected chi connectivity index (χ2v) is 2.57. The summed E-state index contributed by atoms with van der Waals surface area (Å²) in [6.45, 7) is 1.27. The van der Waals surface area contributed by atoms with E-state index in [1.807, 2.05) is 0 Å². The van der Waals surface area contributed by atoms with Crippen molar-refractivity contribution < 1.29 is 27.1 Å². The van der Waals surface area contributed by atoms with Crippen LogP contribution in [0.1, 0.15) is 21.9 Å². The van der Waals surface area contributed by atoms with E-state index < -0.39 is 17.9 Å². The van der Waals surface area contributed by atoms with Crippen molar-refractivity contribution in [1.82, 2.24) is 0 Å². The lowest BCUT2D eigenvalue weighted by Crippen LogP contribution is -2.03. The van der Waals surface area contributed by atoms with Crippen molar-refractivity contribution in [3.05, 3.63) is 23.2 Å². The first-order valence-electron chi connectivity index (χ1n) is 3.62. The monoisotopic (exact) mass is 208 g/mol. The van der Waals surface area contributed by atoms with Crippen molar-refractivity contribution in [2.75, 3.05) is 7.11 Å². The Morgan fingerprint density at radius 1 is 1.50 bits per heavy atom. The van der Waals surface area contributed by atoms with Gasteiger partial charge in [-0.15, -0.1) is 0 Å². The summed E-state index contributed by atoms with van der Waals surface area (Å²) in [5.41, 5.74) is -0.208. The third-order valence-electron chi connectivity index (χ3n) is 1.60. The Kier molecular flexibility index (Phi) is 2.55. The van der Waals surface area contributed by atoms with Gasteiger partial charge in [-0.05, 0) is 6.92 Å². The van der Waals surface area contributed by atoms with Crippen LogP contribution in [-0.4, -0.2) is 13.1 Å². The van der Waals surface area contributed by atoms with Crippen molar-refractivity contribution in [3.63, 3.8) is 0 Å². The van der Waals surface area contributed by atoms with Crippen LogP contribution in [0.15, 0.2) is 10.5 Å². The summed E-state index contributed by atoms with van der Waals surface area (Å²) in [6.07, 6.45) is -4.59.